The van der Waals surface area contributed by atoms with Crippen LogP contribution in [0.4, 0.5) is 0 Å². The second kappa shape index (κ2) is 5.79. The third kappa shape index (κ3) is 3.88. The molecule has 0 radical (unpaired) electrons. The SMILES string of the molecule is CC(C)(C)S(=O)NC(C#N)C1CCCCC1. The van der Waals surface area contributed by atoms with Crippen molar-refractivity contribution in [2.75, 3.05) is 0 Å². The van der Waals surface area contributed by atoms with Gasteiger partial charge in [0.25, 0.3) is 0 Å². The second-order valence-corrected chi connectivity index (χ2v) is 7.50. The monoisotopic (exact) mass is 242 g/mol. The van der Waals surface area contributed by atoms with Crippen LogP contribution in [-0.4, -0.2) is 15.0 Å². The lowest BCUT2D eigenvalue weighted by atomic mass is 9.85. The van der Waals surface area contributed by atoms with Crippen LogP contribution >= 0.6 is 0 Å². The molecular formula is C12H22N2OS. The predicted molar refractivity (Wildman–Crippen MR) is 67.0 cm³/mol. The summed E-state index contributed by atoms with van der Waals surface area (Å²) < 4.78 is 14.6. The molecule has 0 aromatic heterocycles. The van der Waals surface area contributed by atoms with Gasteiger partial charge in [0.1, 0.15) is 6.04 Å². The molecule has 2 unspecified atom stereocenters. The molecule has 0 saturated heterocycles. The highest BCUT2D eigenvalue weighted by Crippen LogP contribution is 2.27. The molecule has 1 rings (SSSR count). The highest BCUT2D eigenvalue weighted by molar-refractivity contribution is 7.84. The van der Waals surface area contributed by atoms with Crippen LogP contribution in [0.3, 0.4) is 0 Å². The van der Waals surface area contributed by atoms with Gasteiger partial charge in [-0.15, -0.1) is 0 Å². The fourth-order valence-corrected chi connectivity index (χ4v) is 2.82. The molecular weight excluding hydrogens is 220 g/mol. The Bertz CT molecular complexity index is 284. The first-order valence-corrected chi connectivity index (χ1v) is 7.18. The van der Waals surface area contributed by atoms with E-state index in [-0.39, 0.29) is 10.8 Å². The van der Waals surface area contributed by atoms with Crippen LogP contribution in [0.5, 0.6) is 0 Å². The van der Waals surface area contributed by atoms with Gasteiger partial charge in [0, 0.05) is 0 Å². The fourth-order valence-electron chi connectivity index (χ4n) is 1.99. The molecule has 16 heavy (non-hydrogen) atoms. The lowest BCUT2D eigenvalue weighted by molar-refractivity contribution is 0.325. The molecule has 1 N–H and O–H groups in total. The molecule has 0 bridgehead atoms. The van der Waals surface area contributed by atoms with E-state index in [2.05, 4.69) is 10.8 Å². The zero-order chi connectivity index (χ0) is 12.2. The molecule has 1 fully saturated rings. The van der Waals surface area contributed by atoms with E-state index in [0.29, 0.717) is 5.92 Å². The minimum Gasteiger partial charge on any atom is -0.242 e. The van der Waals surface area contributed by atoms with Crippen molar-refractivity contribution in [1.29, 1.82) is 5.26 Å². The highest BCUT2D eigenvalue weighted by atomic mass is 32.2. The molecule has 3 nitrogen and oxygen atoms in total. The van der Waals surface area contributed by atoms with Crippen LogP contribution in [-0.2, 0) is 11.0 Å². The quantitative estimate of drug-likeness (QED) is 0.826. The third-order valence-corrected chi connectivity index (χ3v) is 4.63. The van der Waals surface area contributed by atoms with E-state index in [1.54, 1.807) is 0 Å². The van der Waals surface area contributed by atoms with Gasteiger partial charge >= 0.3 is 0 Å². The van der Waals surface area contributed by atoms with E-state index in [4.69, 9.17) is 5.26 Å². The number of nitriles is 1. The minimum atomic E-state index is -1.14. The number of hydrogen-bond acceptors (Lipinski definition) is 2. The first kappa shape index (κ1) is 13.7. The highest BCUT2D eigenvalue weighted by Gasteiger charge is 2.28. The normalized spacial score (nSPS) is 22.4. The smallest absolute Gasteiger partial charge is 0.109 e. The average Bonchev–Trinajstić information content (AvgIpc) is 2.25. The largest absolute Gasteiger partial charge is 0.242 e. The van der Waals surface area contributed by atoms with Gasteiger partial charge in [0.05, 0.1) is 21.8 Å². The van der Waals surface area contributed by atoms with E-state index in [1.165, 1.54) is 19.3 Å². The van der Waals surface area contributed by atoms with Crippen LogP contribution in [0.2, 0.25) is 0 Å². The van der Waals surface area contributed by atoms with Gasteiger partial charge in [-0.05, 0) is 39.5 Å². The summed E-state index contributed by atoms with van der Waals surface area (Å²) >= 11 is 0. The molecule has 0 aromatic carbocycles. The Morgan fingerprint density at radius 1 is 1.31 bits per heavy atom. The van der Waals surface area contributed by atoms with Crippen LogP contribution in [0, 0.1) is 17.2 Å². The molecule has 2 atom stereocenters. The Balaban J connectivity index is 2.55. The van der Waals surface area contributed by atoms with E-state index in [9.17, 15) is 4.21 Å². The summed E-state index contributed by atoms with van der Waals surface area (Å²) in [5.41, 5.74) is 0. The number of nitrogens with zero attached hydrogens (tertiary/aromatic N) is 1. The predicted octanol–water partition coefficient (Wildman–Crippen LogP) is 2.51. The van der Waals surface area contributed by atoms with E-state index >= 15 is 0 Å². The van der Waals surface area contributed by atoms with Gasteiger partial charge in [0.15, 0.2) is 0 Å². The van der Waals surface area contributed by atoms with Crippen LogP contribution < -0.4 is 4.72 Å². The molecule has 0 amide bonds. The summed E-state index contributed by atoms with van der Waals surface area (Å²) in [6.45, 7) is 5.77. The van der Waals surface area contributed by atoms with Crippen molar-refractivity contribution in [2.45, 2.75) is 63.7 Å². The zero-order valence-electron chi connectivity index (χ0n) is 10.5. The molecule has 1 aliphatic rings. The number of rotatable bonds is 3. The van der Waals surface area contributed by atoms with Crippen molar-refractivity contribution in [3.8, 4) is 6.07 Å². The van der Waals surface area contributed by atoms with Crippen molar-refractivity contribution in [3.63, 3.8) is 0 Å². The maximum absolute atomic E-state index is 11.9. The molecule has 4 heteroatoms. The maximum Gasteiger partial charge on any atom is 0.109 e. The van der Waals surface area contributed by atoms with E-state index in [0.717, 1.165) is 12.8 Å². The molecule has 0 aliphatic heterocycles. The Hall–Kier alpha value is -0.400. The second-order valence-electron chi connectivity index (χ2n) is 5.50. The van der Waals surface area contributed by atoms with Gasteiger partial charge in [0.2, 0.25) is 0 Å². The summed E-state index contributed by atoms with van der Waals surface area (Å²) in [5, 5.41) is 9.15. The van der Waals surface area contributed by atoms with Gasteiger partial charge in [-0.25, -0.2) is 8.93 Å². The Morgan fingerprint density at radius 3 is 2.31 bits per heavy atom. The zero-order valence-corrected chi connectivity index (χ0v) is 11.3. The Morgan fingerprint density at radius 2 is 1.88 bits per heavy atom. The fraction of sp³-hybridized carbons (Fsp3) is 0.917. The van der Waals surface area contributed by atoms with Crippen molar-refractivity contribution < 1.29 is 4.21 Å². The third-order valence-electron chi connectivity index (χ3n) is 3.05. The summed E-state index contributed by atoms with van der Waals surface area (Å²) in [6, 6.07) is 2.02. The van der Waals surface area contributed by atoms with Gasteiger partial charge in [-0.2, -0.15) is 5.26 Å². The molecule has 1 saturated carbocycles. The molecule has 0 spiro atoms. The standard InChI is InChI=1S/C12H22N2OS/c1-12(2,3)16(15)14-11(9-13)10-7-5-4-6-8-10/h10-11,14H,4-8H2,1-3H3. The molecule has 1 aliphatic carbocycles. The van der Waals surface area contributed by atoms with Crippen molar-refractivity contribution in [1.82, 2.24) is 4.72 Å². The van der Waals surface area contributed by atoms with E-state index < -0.39 is 11.0 Å². The summed E-state index contributed by atoms with van der Waals surface area (Å²) in [4.78, 5) is 0. The van der Waals surface area contributed by atoms with E-state index in [1.807, 2.05) is 20.8 Å². The van der Waals surface area contributed by atoms with Crippen molar-refractivity contribution in [3.05, 3.63) is 0 Å². The average molecular weight is 242 g/mol. The van der Waals surface area contributed by atoms with Gasteiger partial charge < -0.3 is 0 Å². The summed E-state index contributed by atoms with van der Waals surface area (Å²) in [7, 11) is -1.14. The lowest BCUT2D eigenvalue weighted by Crippen LogP contribution is -2.43. The van der Waals surface area contributed by atoms with Gasteiger partial charge in [-0.1, -0.05) is 19.3 Å². The number of hydrogen-bond donors (Lipinski definition) is 1. The number of nitrogens with one attached hydrogen (secondary N) is 1. The van der Waals surface area contributed by atoms with Crippen molar-refractivity contribution >= 4 is 11.0 Å². The topological polar surface area (TPSA) is 52.9 Å². The first-order chi connectivity index (χ1) is 7.45. The van der Waals surface area contributed by atoms with Crippen molar-refractivity contribution in [2.24, 2.45) is 5.92 Å². The lowest BCUT2D eigenvalue weighted by Gasteiger charge is -2.28. The molecule has 92 valence electrons. The Labute approximate surface area is 101 Å². The minimum absolute atomic E-state index is 0.250. The molecule has 0 heterocycles. The van der Waals surface area contributed by atoms with Gasteiger partial charge in [-0.3, -0.25) is 0 Å². The summed E-state index contributed by atoms with van der Waals surface area (Å²) in [5.74, 6) is 0.380. The molecule has 0 aromatic rings. The van der Waals surface area contributed by atoms with Crippen LogP contribution in [0.25, 0.3) is 0 Å². The maximum atomic E-state index is 11.9. The Kier molecular flexibility index (Phi) is 4.94. The van der Waals surface area contributed by atoms with Crippen LogP contribution in [0.15, 0.2) is 0 Å². The summed E-state index contributed by atoms with van der Waals surface area (Å²) in [6.07, 6.45) is 5.86. The van der Waals surface area contributed by atoms with Crippen LogP contribution in [0.1, 0.15) is 52.9 Å². The first-order valence-electron chi connectivity index (χ1n) is 6.03.